The maximum Gasteiger partial charge on any atom is 0.273 e. The van der Waals surface area contributed by atoms with E-state index in [1.807, 2.05) is 85.7 Å². The Kier molecular flexibility index (Phi) is 16.8. The summed E-state index contributed by atoms with van der Waals surface area (Å²) in [6.07, 6.45) is 1.39. The van der Waals surface area contributed by atoms with E-state index in [0.29, 0.717) is 12.1 Å². The zero-order valence-corrected chi connectivity index (χ0v) is 22.5. The third-order valence-corrected chi connectivity index (χ3v) is 4.73. The second kappa shape index (κ2) is 17.0. The van der Waals surface area contributed by atoms with Crippen molar-refractivity contribution in [1.82, 2.24) is 5.32 Å². The largest absolute Gasteiger partial charge is 0.483 e. The van der Waals surface area contributed by atoms with Crippen molar-refractivity contribution in [3.05, 3.63) is 52.6 Å². The Morgan fingerprint density at radius 1 is 0.938 bits per heavy atom. The lowest BCUT2D eigenvalue weighted by molar-refractivity contribution is -0.114. The molecule has 182 valence electrons. The minimum Gasteiger partial charge on any atom is -0.483 e. The normalized spacial score (nSPS) is 13.4. The number of hydrogen-bond donors (Lipinski definition) is 1. The molecule has 1 aliphatic rings. The standard InChI is InChI=1S/C21H28N2O3.3C2H6/c1-14-12-17(19(23-25-6)20(24)22-5)18(13-15(14)2)21(3,4)26-16-10-8-7-9-11-16;3*1-2/h7-11H,12-13H2,1-6H3,(H,22,24);3*1-2H3/b23-19-;;;. The van der Waals surface area contributed by atoms with Crippen molar-refractivity contribution >= 4 is 11.6 Å². The van der Waals surface area contributed by atoms with E-state index in [0.717, 1.165) is 23.3 Å². The van der Waals surface area contributed by atoms with Crippen LogP contribution in [0.15, 0.2) is 57.8 Å². The van der Waals surface area contributed by atoms with Gasteiger partial charge in [-0.3, -0.25) is 4.79 Å². The van der Waals surface area contributed by atoms with Gasteiger partial charge >= 0.3 is 0 Å². The number of oxime groups is 1. The van der Waals surface area contributed by atoms with Crippen LogP contribution in [0.2, 0.25) is 0 Å². The molecule has 0 heterocycles. The lowest BCUT2D eigenvalue weighted by Gasteiger charge is -2.35. The van der Waals surface area contributed by atoms with Gasteiger partial charge in [-0.2, -0.15) is 0 Å². The summed E-state index contributed by atoms with van der Waals surface area (Å²) < 4.78 is 6.29. The van der Waals surface area contributed by atoms with Crippen molar-refractivity contribution in [2.24, 2.45) is 5.16 Å². The molecule has 0 atom stereocenters. The van der Waals surface area contributed by atoms with Gasteiger partial charge < -0.3 is 14.9 Å². The van der Waals surface area contributed by atoms with Gasteiger partial charge in [0.2, 0.25) is 0 Å². The highest BCUT2D eigenvalue weighted by Crippen LogP contribution is 2.38. The average Bonchev–Trinajstić information content (AvgIpc) is 2.83. The van der Waals surface area contributed by atoms with Gasteiger partial charge in [0.15, 0.2) is 5.71 Å². The molecule has 0 aliphatic heterocycles. The predicted molar refractivity (Wildman–Crippen MR) is 138 cm³/mol. The SMILES string of the molecule is CC.CC.CC.CNC(=O)/C(=N\OC)C1=C(C(C)(C)Oc2ccccc2)CC(C)=C(C)C1. The van der Waals surface area contributed by atoms with Gasteiger partial charge in [0.05, 0.1) is 0 Å². The van der Waals surface area contributed by atoms with Crippen LogP contribution in [-0.2, 0) is 9.63 Å². The maximum absolute atomic E-state index is 12.4. The molecule has 1 N–H and O–H groups in total. The quantitative estimate of drug-likeness (QED) is 0.288. The fraction of sp³-hybridized carbons (Fsp3) is 0.556. The molecule has 5 nitrogen and oxygen atoms in total. The number of nitrogens with one attached hydrogen (secondary N) is 1. The molecule has 0 unspecified atom stereocenters. The summed E-state index contributed by atoms with van der Waals surface area (Å²) in [5, 5.41) is 6.67. The molecule has 0 saturated heterocycles. The Hall–Kier alpha value is -2.56. The third-order valence-electron chi connectivity index (χ3n) is 4.73. The molecule has 1 aromatic rings. The first-order valence-electron chi connectivity index (χ1n) is 11.8. The van der Waals surface area contributed by atoms with Crippen LogP contribution < -0.4 is 10.1 Å². The van der Waals surface area contributed by atoms with Crippen LogP contribution in [-0.4, -0.2) is 31.4 Å². The highest BCUT2D eigenvalue weighted by Gasteiger charge is 2.34. The van der Waals surface area contributed by atoms with Crippen molar-refractivity contribution < 1.29 is 14.4 Å². The molecule has 1 amide bonds. The van der Waals surface area contributed by atoms with E-state index >= 15 is 0 Å². The Labute approximate surface area is 197 Å². The number of nitrogens with zero attached hydrogens (tertiary/aromatic N) is 1. The van der Waals surface area contributed by atoms with Gasteiger partial charge in [-0.1, -0.05) is 76.0 Å². The molecule has 0 saturated carbocycles. The van der Waals surface area contributed by atoms with E-state index in [4.69, 9.17) is 9.57 Å². The molecule has 0 radical (unpaired) electrons. The van der Waals surface area contributed by atoms with Crippen molar-refractivity contribution in [3.8, 4) is 5.75 Å². The van der Waals surface area contributed by atoms with Gasteiger partial charge in [0.1, 0.15) is 18.5 Å². The third kappa shape index (κ3) is 9.29. The summed E-state index contributed by atoms with van der Waals surface area (Å²) >= 11 is 0. The number of para-hydroxylation sites is 1. The molecule has 1 aromatic carbocycles. The van der Waals surface area contributed by atoms with E-state index in [9.17, 15) is 4.79 Å². The number of allylic oxidation sites excluding steroid dienone is 2. The molecule has 1 aliphatic carbocycles. The average molecular weight is 447 g/mol. The van der Waals surface area contributed by atoms with E-state index in [1.54, 1.807) is 7.05 Å². The van der Waals surface area contributed by atoms with Crippen molar-refractivity contribution in [2.45, 2.75) is 87.7 Å². The first-order chi connectivity index (χ1) is 15.3. The van der Waals surface area contributed by atoms with Crippen LogP contribution in [0.1, 0.15) is 82.1 Å². The summed E-state index contributed by atoms with van der Waals surface area (Å²) in [5.74, 6) is 0.528. The number of hydrogen-bond acceptors (Lipinski definition) is 4. The summed E-state index contributed by atoms with van der Waals surface area (Å²) in [6.45, 7) is 20.3. The number of carbonyl (C=O) groups is 1. The molecule has 5 heteroatoms. The van der Waals surface area contributed by atoms with Gasteiger partial charge in [-0.25, -0.2) is 0 Å². The number of benzene rings is 1. The molecule has 0 bridgehead atoms. The van der Waals surface area contributed by atoms with Gasteiger partial charge in [-0.05, 0) is 63.8 Å². The van der Waals surface area contributed by atoms with Gasteiger partial charge in [0.25, 0.3) is 5.91 Å². The van der Waals surface area contributed by atoms with Gasteiger partial charge in [-0.15, -0.1) is 0 Å². The molecular formula is C27H46N2O3. The molecule has 0 spiro atoms. The first kappa shape index (κ1) is 31.6. The summed E-state index contributed by atoms with van der Waals surface area (Å²) in [7, 11) is 3.04. The van der Waals surface area contributed by atoms with E-state index < -0.39 is 5.60 Å². The zero-order valence-electron chi connectivity index (χ0n) is 22.5. The second-order valence-corrected chi connectivity index (χ2v) is 7.00. The van der Waals surface area contributed by atoms with Crippen LogP contribution in [0.3, 0.4) is 0 Å². The Morgan fingerprint density at radius 3 is 1.91 bits per heavy atom. The van der Waals surface area contributed by atoms with Gasteiger partial charge in [0, 0.05) is 7.05 Å². The zero-order chi connectivity index (χ0) is 25.3. The molecule has 0 fully saturated rings. The fourth-order valence-corrected chi connectivity index (χ4v) is 3.14. The van der Waals surface area contributed by atoms with Crippen molar-refractivity contribution in [2.75, 3.05) is 14.2 Å². The number of ether oxygens (including phenoxy) is 1. The molecule has 0 aromatic heterocycles. The fourth-order valence-electron chi connectivity index (χ4n) is 3.14. The Balaban J connectivity index is 0. The highest BCUT2D eigenvalue weighted by atomic mass is 16.6. The minimum absolute atomic E-state index is 0.262. The highest BCUT2D eigenvalue weighted by molar-refractivity contribution is 6.45. The van der Waals surface area contributed by atoms with Crippen LogP contribution in [0.5, 0.6) is 5.75 Å². The molecule has 2 rings (SSSR count). The van der Waals surface area contributed by atoms with Crippen LogP contribution in [0.25, 0.3) is 0 Å². The Bertz CT molecular complexity index is 760. The van der Waals surface area contributed by atoms with Crippen LogP contribution in [0, 0.1) is 0 Å². The summed E-state index contributed by atoms with van der Waals surface area (Å²) in [4.78, 5) is 17.4. The lowest BCUT2D eigenvalue weighted by Crippen LogP contribution is -2.37. The maximum atomic E-state index is 12.4. The second-order valence-electron chi connectivity index (χ2n) is 7.00. The topological polar surface area (TPSA) is 59.9 Å². The van der Waals surface area contributed by atoms with E-state index in [2.05, 4.69) is 24.3 Å². The number of rotatable bonds is 6. The minimum atomic E-state index is -0.596. The predicted octanol–water partition coefficient (Wildman–Crippen LogP) is 7.10. The summed E-state index contributed by atoms with van der Waals surface area (Å²) in [5.41, 5.74) is 4.16. The van der Waals surface area contributed by atoms with E-state index in [1.165, 1.54) is 18.3 Å². The molecular weight excluding hydrogens is 400 g/mol. The van der Waals surface area contributed by atoms with Crippen molar-refractivity contribution in [3.63, 3.8) is 0 Å². The number of amides is 1. The van der Waals surface area contributed by atoms with Crippen LogP contribution >= 0.6 is 0 Å². The smallest absolute Gasteiger partial charge is 0.273 e. The number of carbonyl (C=O) groups excluding carboxylic acids is 1. The molecule has 32 heavy (non-hydrogen) atoms. The van der Waals surface area contributed by atoms with E-state index in [-0.39, 0.29) is 5.91 Å². The Morgan fingerprint density at radius 2 is 1.44 bits per heavy atom. The van der Waals surface area contributed by atoms with Crippen molar-refractivity contribution in [1.29, 1.82) is 0 Å². The lowest BCUT2D eigenvalue weighted by atomic mass is 9.78. The monoisotopic (exact) mass is 446 g/mol. The van der Waals surface area contributed by atoms with Crippen LogP contribution in [0.4, 0.5) is 0 Å². The summed E-state index contributed by atoms with van der Waals surface area (Å²) in [6, 6.07) is 9.71. The first-order valence-corrected chi connectivity index (χ1v) is 11.8.